The van der Waals surface area contributed by atoms with Crippen molar-refractivity contribution in [2.45, 2.75) is 45.1 Å². The van der Waals surface area contributed by atoms with Gasteiger partial charge in [-0.2, -0.15) is 5.10 Å². The first-order valence-electron chi connectivity index (χ1n) is 11.5. The van der Waals surface area contributed by atoms with E-state index in [2.05, 4.69) is 15.3 Å². The Morgan fingerprint density at radius 1 is 1.13 bits per heavy atom. The van der Waals surface area contributed by atoms with Crippen molar-refractivity contribution in [3.8, 4) is 11.3 Å². The molecule has 0 spiro atoms. The van der Waals surface area contributed by atoms with Gasteiger partial charge >= 0.3 is 0 Å². The molecule has 2 aromatic heterocycles. The van der Waals surface area contributed by atoms with E-state index in [9.17, 15) is 4.79 Å². The van der Waals surface area contributed by atoms with E-state index in [0.29, 0.717) is 17.5 Å². The Bertz CT molecular complexity index is 1090. The van der Waals surface area contributed by atoms with Gasteiger partial charge in [-0.25, -0.2) is 4.98 Å². The van der Waals surface area contributed by atoms with Gasteiger partial charge in [-0.3, -0.25) is 9.48 Å². The third-order valence-electron chi connectivity index (χ3n) is 7.04. The molecule has 2 saturated heterocycles. The zero-order chi connectivity index (χ0) is 21.4. The summed E-state index contributed by atoms with van der Waals surface area (Å²) >= 11 is 0. The van der Waals surface area contributed by atoms with Crippen LogP contribution in [-0.4, -0.2) is 51.2 Å². The van der Waals surface area contributed by atoms with Crippen molar-refractivity contribution < 1.29 is 4.79 Å². The summed E-state index contributed by atoms with van der Waals surface area (Å²) < 4.78 is 1.77. The van der Waals surface area contributed by atoms with Crippen LogP contribution >= 0.6 is 0 Å². The summed E-state index contributed by atoms with van der Waals surface area (Å²) in [5, 5.41) is 8.67. The van der Waals surface area contributed by atoms with E-state index in [0.717, 1.165) is 34.5 Å². The molecule has 0 aliphatic carbocycles. The number of carbonyl (C=O) groups is 1. The normalized spacial score (nSPS) is 21.7. The predicted octanol–water partition coefficient (Wildman–Crippen LogP) is 3.94. The van der Waals surface area contributed by atoms with Crippen molar-refractivity contribution >= 4 is 16.9 Å². The summed E-state index contributed by atoms with van der Waals surface area (Å²) in [5.74, 6) is 0.521. The Hall–Kier alpha value is -2.73. The van der Waals surface area contributed by atoms with Crippen LogP contribution in [0.2, 0.25) is 0 Å². The van der Waals surface area contributed by atoms with Crippen LogP contribution in [0.3, 0.4) is 0 Å². The fourth-order valence-electron chi connectivity index (χ4n) is 5.52. The van der Waals surface area contributed by atoms with Crippen LogP contribution in [0.15, 0.2) is 36.4 Å². The molecule has 0 bridgehead atoms. The number of pyridine rings is 1. The molecule has 1 N–H and O–H groups in total. The van der Waals surface area contributed by atoms with Crippen LogP contribution in [0.25, 0.3) is 22.3 Å². The summed E-state index contributed by atoms with van der Waals surface area (Å²) in [7, 11) is 1.89. The molecule has 2 aliphatic heterocycles. The lowest BCUT2D eigenvalue weighted by molar-refractivity contribution is 0.0576. The Balaban J connectivity index is 1.44. The van der Waals surface area contributed by atoms with E-state index in [4.69, 9.17) is 4.98 Å². The smallest absolute Gasteiger partial charge is 0.252 e. The fraction of sp³-hybridized carbons (Fsp3) is 0.480. The number of aryl methyl sites for hydroxylation is 2. The van der Waals surface area contributed by atoms with Gasteiger partial charge < -0.3 is 10.2 Å². The largest absolute Gasteiger partial charge is 0.352 e. The number of hydrogen-bond acceptors (Lipinski definition) is 4. The first kappa shape index (κ1) is 20.2. The van der Waals surface area contributed by atoms with Crippen LogP contribution in [0.1, 0.15) is 48.2 Å². The monoisotopic (exact) mass is 417 g/mol. The van der Waals surface area contributed by atoms with Crippen molar-refractivity contribution in [3.05, 3.63) is 47.7 Å². The highest BCUT2D eigenvalue weighted by Crippen LogP contribution is 2.31. The van der Waals surface area contributed by atoms with E-state index in [1.165, 1.54) is 45.2 Å². The average Bonchev–Trinajstić information content (AvgIpc) is 3.10. The fourth-order valence-corrected chi connectivity index (χ4v) is 5.52. The van der Waals surface area contributed by atoms with Crippen LogP contribution in [-0.2, 0) is 7.05 Å². The van der Waals surface area contributed by atoms with Crippen molar-refractivity contribution in [1.82, 2.24) is 25.0 Å². The van der Waals surface area contributed by atoms with Crippen molar-refractivity contribution in [2.24, 2.45) is 13.0 Å². The second kappa shape index (κ2) is 8.42. The molecule has 6 nitrogen and oxygen atoms in total. The van der Waals surface area contributed by atoms with Gasteiger partial charge in [0.25, 0.3) is 5.91 Å². The number of fused-ring (bicyclic) bond motifs is 2. The lowest BCUT2D eigenvalue weighted by Crippen LogP contribution is -2.51. The number of carbonyl (C=O) groups excluding carboxylic acids is 1. The van der Waals surface area contributed by atoms with Crippen LogP contribution in [0.5, 0.6) is 0 Å². The number of rotatable bonds is 4. The van der Waals surface area contributed by atoms with Gasteiger partial charge in [0, 0.05) is 25.2 Å². The summed E-state index contributed by atoms with van der Waals surface area (Å²) in [6.45, 7) is 5.12. The van der Waals surface area contributed by atoms with Gasteiger partial charge in [-0.15, -0.1) is 0 Å². The Morgan fingerprint density at radius 2 is 1.94 bits per heavy atom. The molecule has 6 heteroatoms. The summed E-state index contributed by atoms with van der Waals surface area (Å²) in [6, 6.07) is 12.6. The summed E-state index contributed by atoms with van der Waals surface area (Å²) in [4.78, 5) is 20.9. The minimum absolute atomic E-state index is 0.0198. The molecule has 0 saturated carbocycles. The molecular weight excluding hydrogens is 386 g/mol. The molecule has 2 fully saturated rings. The minimum atomic E-state index is -0.0198. The number of nitrogens with one attached hydrogen (secondary N) is 1. The first-order chi connectivity index (χ1) is 15.1. The van der Waals surface area contributed by atoms with Gasteiger partial charge in [0.1, 0.15) is 0 Å². The van der Waals surface area contributed by atoms with Crippen molar-refractivity contribution in [1.29, 1.82) is 0 Å². The highest BCUT2D eigenvalue weighted by atomic mass is 16.1. The maximum atomic E-state index is 13.4. The van der Waals surface area contributed by atoms with Crippen molar-refractivity contribution in [2.75, 3.05) is 19.6 Å². The second-order valence-electron chi connectivity index (χ2n) is 9.04. The summed E-state index contributed by atoms with van der Waals surface area (Å²) in [6.07, 6.45) is 6.32. The first-order valence-corrected chi connectivity index (χ1v) is 11.5. The number of hydrogen-bond donors (Lipinski definition) is 1. The Kier molecular flexibility index (Phi) is 5.48. The maximum absolute atomic E-state index is 13.4. The van der Waals surface area contributed by atoms with Gasteiger partial charge in [-0.1, -0.05) is 36.8 Å². The van der Waals surface area contributed by atoms with Gasteiger partial charge in [0.15, 0.2) is 5.65 Å². The summed E-state index contributed by atoms with van der Waals surface area (Å²) in [5.41, 5.74) is 4.07. The molecule has 0 unspecified atom stereocenters. The highest BCUT2D eigenvalue weighted by molar-refractivity contribution is 6.07. The van der Waals surface area contributed by atoms with E-state index < -0.39 is 0 Å². The van der Waals surface area contributed by atoms with Gasteiger partial charge in [0.2, 0.25) is 0 Å². The molecule has 1 amide bonds. The maximum Gasteiger partial charge on any atom is 0.252 e. The quantitative estimate of drug-likeness (QED) is 0.698. The predicted molar refractivity (Wildman–Crippen MR) is 123 cm³/mol. The van der Waals surface area contributed by atoms with Gasteiger partial charge in [-0.05, 0) is 57.7 Å². The third-order valence-corrected chi connectivity index (χ3v) is 7.04. The number of nitrogens with zero attached hydrogens (tertiary/aromatic N) is 4. The number of aromatic nitrogens is 3. The zero-order valence-electron chi connectivity index (χ0n) is 18.5. The zero-order valence-corrected chi connectivity index (χ0v) is 18.5. The van der Waals surface area contributed by atoms with Crippen LogP contribution in [0.4, 0.5) is 0 Å². The number of amides is 1. The highest BCUT2D eigenvalue weighted by Gasteiger charge is 2.33. The Labute approximate surface area is 183 Å². The number of piperidine rings is 2. The topological polar surface area (TPSA) is 63.1 Å². The molecule has 31 heavy (non-hydrogen) atoms. The van der Waals surface area contributed by atoms with E-state index >= 15 is 0 Å². The molecule has 3 aromatic rings. The number of benzene rings is 1. The van der Waals surface area contributed by atoms with Crippen LogP contribution < -0.4 is 5.32 Å². The molecule has 0 radical (unpaired) electrons. The molecule has 162 valence electrons. The lowest BCUT2D eigenvalue weighted by atomic mass is 9.83. The van der Waals surface area contributed by atoms with E-state index in [-0.39, 0.29) is 5.91 Å². The van der Waals surface area contributed by atoms with E-state index in [1.54, 1.807) is 4.68 Å². The standard InChI is InChI=1S/C25H31N5O/c1-17-23-20(15-21(18-9-4-3-5-10-18)27-24(23)29(2)28-17)25(31)26-16-19-11-8-14-30-13-7-6-12-22(19)30/h3-5,9-10,15,19,22H,6-8,11-14,16H2,1-2H3,(H,26,31)/t19-,22+/m0/s1. The lowest BCUT2D eigenvalue weighted by Gasteiger charge is -2.44. The molecule has 2 atom stereocenters. The molecule has 2 aliphatic rings. The van der Waals surface area contributed by atoms with Gasteiger partial charge in [0.05, 0.1) is 22.3 Å². The van der Waals surface area contributed by atoms with E-state index in [1.807, 2.05) is 50.4 Å². The molecular formula is C25H31N5O. The average molecular weight is 418 g/mol. The second-order valence-corrected chi connectivity index (χ2v) is 9.04. The molecule has 4 heterocycles. The molecule has 1 aromatic carbocycles. The third kappa shape index (κ3) is 3.85. The minimum Gasteiger partial charge on any atom is -0.352 e. The van der Waals surface area contributed by atoms with Crippen LogP contribution in [0, 0.1) is 12.8 Å². The molecule has 5 rings (SSSR count). The van der Waals surface area contributed by atoms with Crippen molar-refractivity contribution in [3.63, 3.8) is 0 Å². The Morgan fingerprint density at radius 3 is 2.77 bits per heavy atom. The SMILES string of the molecule is Cc1nn(C)c2nc(-c3ccccc3)cc(C(=O)NC[C@@H]3CCCN4CCCC[C@H]34)c12.